The van der Waals surface area contributed by atoms with Gasteiger partial charge in [0, 0.05) is 37.4 Å². The summed E-state index contributed by atoms with van der Waals surface area (Å²) in [4.78, 5) is 7.34. The Morgan fingerprint density at radius 1 is 1.10 bits per heavy atom. The van der Waals surface area contributed by atoms with E-state index in [1.807, 2.05) is 0 Å². The summed E-state index contributed by atoms with van der Waals surface area (Å²) in [7, 11) is 0. The van der Waals surface area contributed by atoms with Crippen molar-refractivity contribution in [3.8, 4) is 0 Å². The molecule has 0 atom stereocenters. The van der Waals surface area contributed by atoms with Crippen LogP contribution in [0.3, 0.4) is 0 Å². The highest BCUT2D eigenvalue weighted by Gasteiger charge is 2.18. The Kier molecular flexibility index (Phi) is 3.83. The standard InChI is InChI=1S/C18H22N2/c1-14(2)17-9-8-16-13-20(11-10-18(16)19-17)12-15-6-4-3-5-7-15/h3-9,14H,10-13H2,1-2H3. The zero-order valence-corrected chi connectivity index (χ0v) is 12.3. The predicted octanol–water partition coefficient (Wildman–Crippen LogP) is 3.76. The van der Waals surface area contributed by atoms with Crippen LogP contribution in [0.2, 0.25) is 0 Å². The van der Waals surface area contributed by atoms with Gasteiger partial charge in [0.1, 0.15) is 0 Å². The molecule has 2 heterocycles. The first-order chi connectivity index (χ1) is 9.72. The number of rotatable bonds is 3. The third-order valence-electron chi connectivity index (χ3n) is 3.99. The lowest BCUT2D eigenvalue weighted by molar-refractivity contribution is 0.243. The lowest BCUT2D eigenvalue weighted by atomic mass is 10.0. The molecule has 0 spiro atoms. The van der Waals surface area contributed by atoms with Gasteiger partial charge in [0.25, 0.3) is 0 Å². The van der Waals surface area contributed by atoms with Crippen molar-refractivity contribution in [3.05, 3.63) is 65.0 Å². The molecule has 0 bridgehead atoms. The van der Waals surface area contributed by atoms with Crippen molar-refractivity contribution in [2.45, 2.75) is 39.3 Å². The Balaban J connectivity index is 1.72. The van der Waals surface area contributed by atoms with E-state index in [-0.39, 0.29) is 0 Å². The summed E-state index contributed by atoms with van der Waals surface area (Å²) in [6.07, 6.45) is 1.07. The lowest BCUT2D eigenvalue weighted by Crippen LogP contribution is -2.30. The molecule has 0 saturated carbocycles. The number of nitrogens with zero attached hydrogens (tertiary/aromatic N) is 2. The highest BCUT2D eigenvalue weighted by atomic mass is 15.1. The Hall–Kier alpha value is -1.67. The summed E-state index contributed by atoms with van der Waals surface area (Å²) in [6, 6.07) is 15.2. The van der Waals surface area contributed by atoms with Gasteiger partial charge in [-0.15, -0.1) is 0 Å². The monoisotopic (exact) mass is 266 g/mol. The molecule has 3 rings (SSSR count). The molecule has 0 radical (unpaired) electrons. The van der Waals surface area contributed by atoms with Gasteiger partial charge in [-0.3, -0.25) is 9.88 Å². The summed E-state index contributed by atoms with van der Waals surface area (Å²) in [5, 5.41) is 0. The summed E-state index contributed by atoms with van der Waals surface area (Å²) in [5.41, 5.74) is 5.32. The van der Waals surface area contributed by atoms with Gasteiger partial charge in [0.15, 0.2) is 0 Å². The fourth-order valence-electron chi connectivity index (χ4n) is 2.79. The molecular weight excluding hydrogens is 244 g/mol. The zero-order valence-electron chi connectivity index (χ0n) is 12.3. The van der Waals surface area contributed by atoms with Crippen molar-refractivity contribution in [2.24, 2.45) is 0 Å². The van der Waals surface area contributed by atoms with E-state index in [0.29, 0.717) is 5.92 Å². The van der Waals surface area contributed by atoms with E-state index in [2.05, 4.69) is 61.2 Å². The van der Waals surface area contributed by atoms with Gasteiger partial charge >= 0.3 is 0 Å². The van der Waals surface area contributed by atoms with Crippen LogP contribution in [0.15, 0.2) is 42.5 Å². The molecule has 1 aromatic heterocycles. The van der Waals surface area contributed by atoms with Crippen molar-refractivity contribution in [3.63, 3.8) is 0 Å². The molecule has 2 nitrogen and oxygen atoms in total. The maximum absolute atomic E-state index is 4.83. The van der Waals surface area contributed by atoms with Crippen LogP contribution in [0.4, 0.5) is 0 Å². The van der Waals surface area contributed by atoms with Crippen molar-refractivity contribution in [1.29, 1.82) is 0 Å². The maximum atomic E-state index is 4.83. The van der Waals surface area contributed by atoms with E-state index < -0.39 is 0 Å². The quantitative estimate of drug-likeness (QED) is 0.841. The van der Waals surface area contributed by atoms with E-state index in [1.165, 1.54) is 22.5 Å². The SMILES string of the molecule is CC(C)c1ccc2c(n1)CCN(Cc1ccccc1)C2. The van der Waals surface area contributed by atoms with E-state index in [9.17, 15) is 0 Å². The molecule has 2 aromatic rings. The summed E-state index contributed by atoms with van der Waals surface area (Å²) in [6.45, 7) is 7.58. The van der Waals surface area contributed by atoms with Crippen LogP contribution in [0.5, 0.6) is 0 Å². The van der Waals surface area contributed by atoms with Gasteiger partial charge < -0.3 is 0 Å². The normalized spacial score (nSPS) is 15.3. The molecular formula is C18H22N2. The fourth-order valence-corrected chi connectivity index (χ4v) is 2.79. The molecule has 2 heteroatoms. The molecule has 0 N–H and O–H groups in total. The number of hydrogen-bond donors (Lipinski definition) is 0. The molecule has 0 unspecified atom stereocenters. The number of hydrogen-bond acceptors (Lipinski definition) is 2. The highest BCUT2D eigenvalue weighted by molar-refractivity contribution is 5.27. The van der Waals surface area contributed by atoms with Gasteiger partial charge in [-0.2, -0.15) is 0 Å². The van der Waals surface area contributed by atoms with E-state index >= 15 is 0 Å². The molecule has 1 aromatic carbocycles. The van der Waals surface area contributed by atoms with Crippen LogP contribution >= 0.6 is 0 Å². The van der Waals surface area contributed by atoms with Gasteiger partial charge in [-0.05, 0) is 23.1 Å². The van der Waals surface area contributed by atoms with Gasteiger partial charge in [-0.1, -0.05) is 50.2 Å². The topological polar surface area (TPSA) is 16.1 Å². The third kappa shape index (κ3) is 2.91. The van der Waals surface area contributed by atoms with Crippen LogP contribution in [0, 0.1) is 0 Å². The van der Waals surface area contributed by atoms with Crippen molar-refractivity contribution in [2.75, 3.05) is 6.54 Å². The van der Waals surface area contributed by atoms with Gasteiger partial charge in [0.05, 0.1) is 0 Å². The largest absolute Gasteiger partial charge is 0.294 e. The first-order valence-corrected chi connectivity index (χ1v) is 7.47. The second-order valence-corrected chi connectivity index (χ2v) is 5.94. The van der Waals surface area contributed by atoms with Crippen molar-refractivity contribution >= 4 is 0 Å². The van der Waals surface area contributed by atoms with Crippen LogP contribution in [-0.2, 0) is 19.5 Å². The number of fused-ring (bicyclic) bond motifs is 1. The average Bonchev–Trinajstić information content (AvgIpc) is 2.47. The molecule has 0 saturated heterocycles. The fraction of sp³-hybridized carbons (Fsp3) is 0.389. The minimum Gasteiger partial charge on any atom is -0.294 e. The minimum atomic E-state index is 0.516. The van der Waals surface area contributed by atoms with Crippen LogP contribution in [0.25, 0.3) is 0 Å². The zero-order chi connectivity index (χ0) is 13.9. The maximum Gasteiger partial charge on any atom is 0.0464 e. The Morgan fingerprint density at radius 3 is 2.65 bits per heavy atom. The van der Waals surface area contributed by atoms with Crippen LogP contribution in [0.1, 0.15) is 42.3 Å². The molecule has 20 heavy (non-hydrogen) atoms. The Bertz CT molecular complexity index is 575. The first-order valence-electron chi connectivity index (χ1n) is 7.47. The summed E-state index contributed by atoms with van der Waals surface area (Å²) < 4.78 is 0. The van der Waals surface area contributed by atoms with E-state index in [0.717, 1.165) is 26.1 Å². The average molecular weight is 266 g/mol. The van der Waals surface area contributed by atoms with Crippen LogP contribution < -0.4 is 0 Å². The Morgan fingerprint density at radius 2 is 1.90 bits per heavy atom. The van der Waals surface area contributed by atoms with Crippen LogP contribution in [-0.4, -0.2) is 16.4 Å². The third-order valence-corrected chi connectivity index (χ3v) is 3.99. The molecule has 0 aliphatic carbocycles. The predicted molar refractivity (Wildman–Crippen MR) is 82.6 cm³/mol. The second kappa shape index (κ2) is 5.76. The smallest absolute Gasteiger partial charge is 0.0464 e. The summed E-state index contributed by atoms with van der Waals surface area (Å²) >= 11 is 0. The second-order valence-electron chi connectivity index (χ2n) is 5.94. The van der Waals surface area contributed by atoms with Crippen molar-refractivity contribution < 1.29 is 0 Å². The van der Waals surface area contributed by atoms with E-state index in [1.54, 1.807) is 0 Å². The van der Waals surface area contributed by atoms with E-state index in [4.69, 9.17) is 4.98 Å². The minimum absolute atomic E-state index is 0.516. The van der Waals surface area contributed by atoms with Gasteiger partial charge in [0.2, 0.25) is 0 Å². The summed E-state index contributed by atoms with van der Waals surface area (Å²) in [5.74, 6) is 0.516. The number of pyridine rings is 1. The highest BCUT2D eigenvalue weighted by Crippen LogP contribution is 2.22. The molecule has 104 valence electrons. The van der Waals surface area contributed by atoms with Gasteiger partial charge in [-0.25, -0.2) is 0 Å². The lowest BCUT2D eigenvalue weighted by Gasteiger charge is -2.28. The Labute approximate surface area is 121 Å². The van der Waals surface area contributed by atoms with Crippen molar-refractivity contribution in [1.82, 2.24) is 9.88 Å². The molecule has 0 amide bonds. The number of aromatic nitrogens is 1. The first kappa shape index (κ1) is 13.3. The molecule has 1 aliphatic rings. The number of benzene rings is 1. The molecule has 1 aliphatic heterocycles. The molecule has 0 fully saturated rings.